The Labute approximate surface area is 120 Å². The van der Waals surface area contributed by atoms with Gasteiger partial charge in [0.1, 0.15) is 5.75 Å². The fourth-order valence-corrected chi connectivity index (χ4v) is 2.53. The lowest BCUT2D eigenvalue weighted by Crippen LogP contribution is -2.05. The van der Waals surface area contributed by atoms with Gasteiger partial charge in [-0.05, 0) is 55.5 Å². The molecule has 2 aromatic rings. The zero-order chi connectivity index (χ0) is 14.5. The van der Waals surface area contributed by atoms with Crippen LogP contribution < -0.4 is 4.74 Å². The minimum atomic E-state index is -0.522. The van der Waals surface area contributed by atoms with Gasteiger partial charge in [-0.25, -0.2) is 0 Å². The van der Waals surface area contributed by atoms with E-state index in [4.69, 9.17) is 4.74 Å². The summed E-state index contributed by atoms with van der Waals surface area (Å²) in [4.78, 5) is 4.09. The molecule has 0 spiro atoms. The Morgan fingerprint density at radius 3 is 2.75 bits per heavy atom. The lowest BCUT2D eigenvalue weighted by Gasteiger charge is -2.18. The van der Waals surface area contributed by atoms with Gasteiger partial charge in [0.25, 0.3) is 0 Å². The van der Waals surface area contributed by atoms with E-state index in [2.05, 4.69) is 11.1 Å². The van der Waals surface area contributed by atoms with Crippen LogP contribution in [0.15, 0.2) is 36.7 Å². The Balaban J connectivity index is 2.15. The van der Waals surface area contributed by atoms with E-state index in [0.717, 1.165) is 34.4 Å². The van der Waals surface area contributed by atoms with Crippen LogP contribution in [0.25, 0.3) is 0 Å². The van der Waals surface area contributed by atoms with Crippen molar-refractivity contribution in [2.24, 2.45) is 0 Å². The fraction of sp³-hybridized carbons (Fsp3) is 0.353. The molecule has 0 saturated carbocycles. The second-order valence-corrected chi connectivity index (χ2v) is 5.11. The third-order valence-electron chi connectivity index (χ3n) is 3.48. The molecule has 0 bridgehead atoms. The smallest absolute Gasteiger partial charge is 0.125 e. The Bertz CT molecular complexity index is 567. The number of hydrogen-bond acceptors (Lipinski definition) is 3. The molecule has 0 amide bonds. The molecule has 3 heteroatoms. The molecule has 1 aromatic heterocycles. The second kappa shape index (κ2) is 6.53. The van der Waals surface area contributed by atoms with E-state index in [1.807, 2.05) is 38.2 Å². The molecule has 1 unspecified atom stereocenters. The van der Waals surface area contributed by atoms with Crippen LogP contribution in [-0.2, 0) is 6.42 Å². The van der Waals surface area contributed by atoms with Crippen molar-refractivity contribution in [3.05, 3.63) is 58.9 Å². The van der Waals surface area contributed by atoms with E-state index >= 15 is 0 Å². The highest BCUT2D eigenvalue weighted by Crippen LogP contribution is 2.32. The SMILES string of the molecule is COc1cc(C)cc(C)c1C(O)CCc1cccnc1. The highest BCUT2D eigenvalue weighted by atomic mass is 16.5. The average Bonchev–Trinajstić information content (AvgIpc) is 2.45. The number of methoxy groups -OCH3 is 1. The first-order valence-corrected chi connectivity index (χ1v) is 6.84. The highest BCUT2D eigenvalue weighted by Gasteiger charge is 2.16. The van der Waals surface area contributed by atoms with Crippen LogP contribution in [0.1, 0.15) is 34.8 Å². The standard InChI is InChI=1S/C17H21NO2/c1-12-9-13(2)17(16(10-12)20-3)15(19)7-6-14-5-4-8-18-11-14/h4-5,8-11,15,19H,6-7H2,1-3H3. The van der Waals surface area contributed by atoms with Crippen molar-refractivity contribution >= 4 is 0 Å². The van der Waals surface area contributed by atoms with E-state index in [1.54, 1.807) is 13.3 Å². The summed E-state index contributed by atoms with van der Waals surface area (Å²) >= 11 is 0. The van der Waals surface area contributed by atoms with Gasteiger partial charge >= 0.3 is 0 Å². The highest BCUT2D eigenvalue weighted by molar-refractivity contribution is 5.44. The van der Waals surface area contributed by atoms with Gasteiger partial charge in [0, 0.05) is 18.0 Å². The number of pyridine rings is 1. The molecule has 0 aliphatic carbocycles. The van der Waals surface area contributed by atoms with Gasteiger partial charge in [0.15, 0.2) is 0 Å². The maximum absolute atomic E-state index is 10.5. The average molecular weight is 271 g/mol. The molecule has 106 valence electrons. The summed E-state index contributed by atoms with van der Waals surface area (Å²) in [5.41, 5.74) is 4.24. The number of ether oxygens (including phenoxy) is 1. The summed E-state index contributed by atoms with van der Waals surface area (Å²) in [6, 6.07) is 7.99. The molecule has 0 fully saturated rings. The summed E-state index contributed by atoms with van der Waals surface area (Å²) < 4.78 is 5.41. The molecular weight excluding hydrogens is 250 g/mol. The van der Waals surface area contributed by atoms with Crippen LogP contribution in [0.3, 0.4) is 0 Å². The molecule has 1 heterocycles. The minimum absolute atomic E-state index is 0.522. The third-order valence-corrected chi connectivity index (χ3v) is 3.48. The van der Waals surface area contributed by atoms with E-state index in [0.29, 0.717) is 6.42 Å². The molecule has 2 rings (SSSR count). The topological polar surface area (TPSA) is 42.4 Å². The van der Waals surface area contributed by atoms with Gasteiger partial charge in [-0.3, -0.25) is 4.98 Å². The molecule has 0 radical (unpaired) electrons. The van der Waals surface area contributed by atoms with E-state index in [1.165, 1.54) is 0 Å². The normalized spacial score (nSPS) is 12.2. The van der Waals surface area contributed by atoms with Gasteiger partial charge in [-0.15, -0.1) is 0 Å². The van der Waals surface area contributed by atoms with E-state index in [9.17, 15) is 5.11 Å². The van der Waals surface area contributed by atoms with Gasteiger partial charge in [-0.1, -0.05) is 12.1 Å². The van der Waals surface area contributed by atoms with Crippen LogP contribution >= 0.6 is 0 Å². The van der Waals surface area contributed by atoms with E-state index < -0.39 is 6.10 Å². The maximum Gasteiger partial charge on any atom is 0.125 e. The van der Waals surface area contributed by atoms with Gasteiger partial charge in [0.2, 0.25) is 0 Å². The number of aliphatic hydroxyl groups is 1. The first kappa shape index (κ1) is 14.5. The zero-order valence-electron chi connectivity index (χ0n) is 12.3. The summed E-state index contributed by atoms with van der Waals surface area (Å²) in [5, 5.41) is 10.5. The monoisotopic (exact) mass is 271 g/mol. The Morgan fingerprint density at radius 1 is 1.30 bits per heavy atom. The van der Waals surface area contributed by atoms with Crippen molar-refractivity contribution in [1.29, 1.82) is 0 Å². The van der Waals surface area contributed by atoms with Crippen LogP contribution in [0.2, 0.25) is 0 Å². The predicted molar refractivity (Wildman–Crippen MR) is 80.0 cm³/mol. The summed E-state index contributed by atoms with van der Waals surface area (Å²) in [5.74, 6) is 0.765. The molecule has 3 nitrogen and oxygen atoms in total. The van der Waals surface area contributed by atoms with Crippen molar-refractivity contribution in [3.63, 3.8) is 0 Å². The van der Waals surface area contributed by atoms with Crippen LogP contribution in [0.4, 0.5) is 0 Å². The van der Waals surface area contributed by atoms with Crippen LogP contribution in [0, 0.1) is 13.8 Å². The van der Waals surface area contributed by atoms with Gasteiger partial charge < -0.3 is 9.84 Å². The lowest BCUT2D eigenvalue weighted by molar-refractivity contribution is 0.163. The molecule has 0 aliphatic heterocycles. The quantitative estimate of drug-likeness (QED) is 0.906. The summed E-state index contributed by atoms with van der Waals surface area (Å²) in [6.07, 6.45) is 4.53. The van der Waals surface area contributed by atoms with Crippen molar-refractivity contribution in [1.82, 2.24) is 4.98 Å². The number of aliphatic hydroxyl groups excluding tert-OH is 1. The van der Waals surface area contributed by atoms with Crippen LogP contribution in [0.5, 0.6) is 5.75 Å². The van der Waals surface area contributed by atoms with Crippen molar-refractivity contribution in [2.45, 2.75) is 32.8 Å². The van der Waals surface area contributed by atoms with Gasteiger partial charge in [-0.2, -0.15) is 0 Å². The largest absolute Gasteiger partial charge is 0.496 e. The maximum atomic E-state index is 10.5. The number of nitrogens with zero attached hydrogens (tertiary/aromatic N) is 1. The predicted octanol–water partition coefficient (Wildman–Crippen LogP) is 3.37. The Hall–Kier alpha value is -1.87. The first-order chi connectivity index (χ1) is 9.61. The lowest BCUT2D eigenvalue weighted by atomic mass is 9.96. The summed E-state index contributed by atoms with van der Waals surface area (Å²) in [6.45, 7) is 4.04. The molecular formula is C17H21NO2. The number of aromatic nitrogens is 1. The Morgan fingerprint density at radius 2 is 2.10 bits per heavy atom. The third kappa shape index (κ3) is 3.36. The molecule has 20 heavy (non-hydrogen) atoms. The van der Waals surface area contributed by atoms with Crippen molar-refractivity contribution in [3.8, 4) is 5.75 Å². The Kier molecular flexibility index (Phi) is 4.74. The number of hydrogen-bond donors (Lipinski definition) is 1. The minimum Gasteiger partial charge on any atom is -0.496 e. The zero-order valence-corrected chi connectivity index (χ0v) is 12.3. The molecule has 0 saturated heterocycles. The number of rotatable bonds is 5. The molecule has 0 aliphatic rings. The van der Waals surface area contributed by atoms with Crippen molar-refractivity contribution in [2.75, 3.05) is 7.11 Å². The number of benzene rings is 1. The van der Waals surface area contributed by atoms with Crippen LogP contribution in [-0.4, -0.2) is 17.2 Å². The first-order valence-electron chi connectivity index (χ1n) is 6.84. The summed E-state index contributed by atoms with van der Waals surface area (Å²) in [7, 11) is 1.64. The second-order valence-electron chi connectivity index (χ2n) is 5.11. The van der Waals surface area contributed by atoms with Gasteiger partial charge in [0.05, 0.1) is 13.2 Å². The molecule has 1 atom stereocenters. The molecule has 1 aromatic carbocycles. The number of aryl methyl sites for hydroxylation is 3. The fourth-order valence-electron chi connectivity index (χ4n) is 2.53. The van der Waals surface area contributed by atoms with E-state index in [-0.39, 0.29) is 0 Å². The van der Waals surface area contributed by atoms with Crippen molar-refractivity contribution < 1.29 is 9.84 Å². The molecule has 1 N–H and O–H groups in total.